The van der Waals surface area contributed by atoms with Gasteiger partial charge in [-0.25, -0.2) is 0 Å². The monoisotopic (exact) mass is 275 g/mol. The quantitative estimate of drug-likeness (QED) is 0.774. The molecule has 1 heterocycles. The average Bonchev–Trinajstić information content (AvgIpc) is 2.65. The van der Waals surface area contributed by atoms with E-state index in [0.29, 0.717) is 5.33 Å². The minimum Gasteiger partial charge on any atom is -0.334 e. The second kappa shape index (κ2) is 5.51. The third-order valence-electron chi connectivity index (χ3n) is 1.96. The molecular formula is C10H14BrNOS. The van der Waals surface area contributed by atoms with E-state index < -0.39 is 0 Å². The van der Waals surface area contributed by atoms with E-state index in [1.807, 2.05) is 30.2 Å². The molecule has 1 amide bonds. The smallest absolute Gasteiger partial charge is 0.233 e. The molecule has 78 valence electrons. The van der Waals surface area contributed by atoms with Crippen molar-refractivity contribution in [1.29, 1.82) is 0 Å². The van der Waals surface area contributed by atoms with Gasteiger partial charge in [0.15, 0.2) is 0 Å². The molecule has 0 atom stereocenters. The van der Waals surface area contributed by atoms with Gasteiger partial charge in [0.25, 0.3) is 0 Å². The molecule has 0 unspecified atom stereocenters. The van der Waals surface area contributed by atoms with Crippen molar-refractivity contribution in [3.8, 4) is 0 Å². The molecule has 0 aliphatic rings. The molecule has 1 aromatic rings. The Labute approximate surface area is 97.1 Å². The molecule has 0 bridgehead atoms. The Morgan fingerprint density at radius 2 is 2.36 bits per heavy atom. The van der Waals surface area contributed by atoms with E-state index in [1.165, 1.54) is 4.88 Å². The molecule has 1 rings (SSSR count). The van der Waals surface area contributed by atoms with Crippen molar-refractivity contribution in [2.75, 3.05) is 5.33 Å². The van der Waals surface area contributed by atoms with Gasteiger partial charge in [-0.3, -0.25) is 4.79 Å². The van der Waals surface area contributed by atoms with Gasteiger partial charge in [0.05, 0.1) is 11.9 Å². The summed E-state index contributed by atoms with van der Waals surface area (Å²) < 4.78 is 0. The van der Waals surface area contributed by atoms with Gasteiger partial charge >= 0.3 is 0 Å². The number of alkyl halides is 1. The Morgan fingerprint density at radius 3 is 2.79 bits per heavy atom. The highest BCUT2D eigenvalue weighted by molar-refractivity contribution is 9.09. The van der Waals surface area contributed by atoms with Crippen LogP contribution in [0.2, 0.25) is 0 Å². The van der Waals surface area contributed by atoms with E-state index >= 15 is 0 Å². The minimum absolute atomic E-state index is 0.147. The Bertz CT molecular complexity index is 284. The third-order valence-corrected chi connectivity index (χ3v) is 3.31. The molecule has 0 spiro atoms. The molecule has 0 aromatic carbocycles. The van der Waals surface area contributed by atoms with Crippen LogP contribution in [0.5, 0.6) is 0 Å². The number of carbonyl (C=O) groups is 1. The molecule has 14 heavy (non-hydrogen) atoms. The van der Waals surface area contributed by atoms with Crippen LogP contribution in [-0.4, -0.2) is 22.2 Å². The van der Waals surface area contributed by atoms with Crippen LogP contribution in [0.1, 0.15) is 18.7 Å². The lowest BCUT2D eigenvalue weighted by Crippen LogP contribution is -2.36. The predicted molar refractivity (Wildman–Crippen MR) is 63.8 cm³/mol. The summed E-state index contributed by atoms with van der Waals surface area (Å²) in [6.07, 6.45) is 0. The first-order chi connectivity index (χ1) is 6.65. The van der Waals surface area contributed by atoms with E-state index in [1.54, 1.807) is 11.3 Å². The molecule has 0 fully saturated rings. The van der Waals surface area contributed by atoms with Crippen LogP contribution < -0.4 is 0 Å². The van der Waals surface area contributed by atoms with Crippen LogP contribution in [0.3, 0.4) is 0 Å². The lowest BCUT2D eigenvalue weighted by atomic mass is 10.3. The number of amides is 1. The number of rotatable bonds is 4. The van der Waals surface area contributed by atoms with Crippen LogP contribution in [0.4, 0.5) is 0 Å². The lowest BCUT2D eigenvalue weighted by Gasteiger charge is -2.25. The molecule has 0 aliphatic carbocycles. The Morgan fingerprint density at radius 1 is 1.64 bits per heavy atom. The van der Waals surface area contributed by atoms with Crippen LogP contribution in [-0.2, 0) is 11.3 Å². The summed E-state index contributed by atoms with van der Waals surface area (Å²) >= 11 is 4.89. The van der Waals surface area contributed by atoms with Crippen LogP contribution in [0, 0.1) is 0 Å². The zero-order valence-electron chi connectivity index (χ0n) is 8.37. The van der Waals surface area contributed by atoms with E-state index in [4.69, 9.17) is 0 Å². The van der Waals surface area contributed by atoms with Crippen LogP contribution >= 0.6 is 27.3 Å². The first-order valence-corrected chi connectivity index (χ1v) is 6.53. The fourth-order valence-electron chi connectivity index (χ4n) is 1.21. The fourth-order valence-corrected chi connectivity index (χ4v) is 2.23. The Hall–Kier alpha value is -0.350. The molecule has 0 saturated carbocycles. The van der Waals surface area contributed by atoms with E-state index in [2.05, 4.69) is 22.0 Å². The van der Waals surface area contributed by atoms with Crippen molar-refractivity contribution in [3.63, 3.8) is 0 Å². The average molecular weight is 276 g/mol. The van der Waals surface area contributed by atoms with Crippen molar-refractivity contribution >= 4 is 33.2 Å². The van der Waals surface area contributed by atoms with E-state index in [0.717, 1.165) is 6.54 Å². The van der Waals surface area contributed by atoms with E-state index in [-0.39, 0.29) is 11.9 Å². The zero-order valence-corrected chi connectivity index (χ0v) is 10.8. The number of hydrogen-bond acceptors (Lipinski definition) is 2. The van der Waals surface area contributed by atoms with Gasteiger partial charge in [-0.1, -0.05) is 22.0 Å². The van der Waals surface area contributed by atoms with Gasteiger partial charge in [-0.05, 0) is 25.3 Å². The normalized spacial score (nSPS) is 10.6. The molecular weight excluding hydrogens is 262 g/mol. The molecule has 0 radical (unpaired) electrons. The summed E-state index contributed by atoms with van der Waals surface area (Å²) in [7, 11) is 0. The Kier molecular flexibility index (Phi) is 4.62. The molecule has 0 saturated heterocycles. The van der Waals surface area contributed by atoms with Crippen molar-refractivity contribution in [2.24, 2.45) is 0 Å². The second-order valence-corrected chi connectivity index (χ2v) is 4.92. The summed E-state index contributed by atoms with van der Waals surface area (Å²) in [4.78, 5) is 14.7. The lowest BCUT2D eigenvalue weighted by molar-refractivity contribution is -0.130. The largest absolute Gasteiger partial charge is 0.334 e. The maximum Gasteiger partial charge on any atom is 0.233 e. The number of halogens is 1. The number of hydrogen-bond donors (Lipinski definition) is 0. The molecule has 0 N–H and O–H groups in total. The third kappa shape index (κ3) is 3.10. The fraction of sp³-hybridized carbons (Fsp3) is 0.500. The molecule has 0 aliphatic heterocycles. The second-order valence-electron chi connectivity index (χ2n) is 3.33. The first kappa shape index (κ1) is 11.7. The van der Waals surface area contributed by atoms with Crippen molar-refractivity contribution in [1.82, 2.24) is 4.90 Å². The van der Waals surface area contributed by atoms with Crippen molar-refractivity contribution in [3.05, 3.63) is 22.4 Å². The SMILES string of the molecule is CC(C)N(Cc1cccs1)C(=O)CBr. The highest BCUT2D eigenvalue weighted by atomic mass is 79.9. The summed E-state index contributed by atoms with van der Waals surface area (Å²) in [6.45, 7) is 4.79. The number of nitrogens with zero attached hydrogens (tertiary/aromatic N) is 1. The molecule has 4 heteroatoms. The molecule has 1 aromatic heterocycles. The van der Waals surface area contributed by atoms with Gasteiger partial charge in [0, 0.05) is 10.9 Å². The van der Waals surface area contributed by atoms with Gasteiger partial charge in [-0.2, -0.15) is 0 Å². The summed E-state index contributed by atoms with van der Waals surface area (Å²) in [6, 6.07) is 4.32. The van der Waals surface area contributed by atoms with Crippen molar-refractivity contribution in [2.45, 2.75) is 26.4 Å². The number of thiophene rings is 1. The summed E-state index contributed by atoms with van der Waals surface area (Å²) in [5, 5.41) is 2.43. The van der Waals surface area contributed by atoms with E-state index in [9.17, 15) is 4.79 Å². The Balaban J connectivity index is 2.65. The summed E-state index contributed by atoms with van der Waals surface area (Å²) in [5.41, 5.74) is 0. The number of carbonyl (C=O) groups excluding carboxylic acids is 1. The molecule has 2 nitrogen and oxygen atoms in total. The maximum absolute atomic E-state index is 11.6. The van der Waals surface area contributed by atoms with Gasteiger partial charge in [0.2, 0.25) is 5.91 Å². The highest BCUT2D eigenvalue weighted by Crippen LogP contribution is 2.14. The maximum atomic E-state index is 11.6. The predicted octanol–water partition coefficient (Wildman–Crippen LogP) is 2.88. The van der Waals surface area contributed by atoms with Crippen LogP contribution in [0.15, 0.2) is 17.5 Å². The highest BCUT2D eigenvalue weighted by Gasteiger charge is 2.15. The zero-order chi connectivity index (χ0) is 10.6. The first-order valence-electron chi connectivity index (χ1n) is 4.53. The topological polar surface area (TPSA) is 20.3 Å². The van der Waals surface area contributed by atoms with Crippen LogP contribution in [0.25, 0.3) is 0 Å². The van der Waals surface area contributed by atoms with Gasteiger partial charge < -0.3 is 4.90 Å². The van der Waals surface area contributed by atoms with Gasteiger partial charge in [-0.15, -0.1) is 11.3 Å². The standard InChI is InChI=1S/C10H14BrNOS/c1-8(2)12(10(13)6-11)7-9-4-3-5-14-9/h3-5,8H,6-7H2,1-2H3. The van der Waals surface area contributed by atoms with Gasteiger partial charge in [0.1, 0.15) is 0 Å². The summed E-state index contributed by atoms with van der Waals surface area (Å²) in [5.74, 6) is 0.147. The minimum atomic E-state index is 0.147. The van der Waals surface area contributed by atoms with Crippen molar-refractivity contribution < 1.29 is 4.79 Å².